The predicted octanol–water partition coefficient (Wildman–Crippen LogP) is 3.41. The lowest BCUT2D eigenvalue weighted by molar-refractivity contribution is 0.0525. The van der Waals surface area contributed by atoms with Crippen LogP contribution in [0.2, 0.25) is 0 Å². The first-order valence-corrected chi connectivity index (χ1v) is 11.4. The van der Waals surface area contributed by atoms with Crippen LogP contribution in [0.4, 0.5) is 5.69 Å². The topological polar surface area (TPSA) is 61.9 Å². The predicted molar refractivity (Wildman–Crippen MR) is 129 cm³/mol. The van der Waals surface area contributed by atoms with Crippen molar-refractivity contribution in [3.8, 4) is 0 Å². The fraction of sp³-hybridized carbons (Fsp3) is 0.462. The lowest BCUT2D eigenvalue weighted by atomic mass is 9.80. The smallest absolute Gasteiger partial charge is 0.338 e. The molecule has 2 aromatic rings. The van der Waals surface area contributed by atoms with Gasteiger partial charge in [-0.25, -0.2) is 4.79 Å². The molecule has 32 heavy (non-hydrogen) atoms. The summed E-state index contributed by atoms with van der Waals surface area (Å²) in [5.74, 6) is -0.208. The van der Waals surface area contributed by atoms with Crippen molar-refractivity contribution in [3.63, 3.8) is 0 Å². The average Bonchev–Trinajstić information content (AvgIpc) is 2.83. The molecule has 0 bridgehead atoms. The molecular weight excluding hydrogens is 402 g/mol. The first-order chi connectivity index (χ1) is 15.4. The van der Waals surface area contributed by atoms with E-state index in [0.29, 0.717) is 25.0 Å². The minimum Gasteiger partial charge on any atom is -0.462 e. The van der Waals surface area contributed by atoms with Crippen molar-refractivity contribution in [2.45, 2.75) is 32.2 Å². The number of ketones is 1. The van der Waals surface area contributed by atoms with Gasteiger partial charge in [0.1, 0.15) is 0 Å². The lowest BCUT2D eigenvalue weighted by Crippen LogP contribution is -2.52. The first kappa shape index (κ1) is 24.0. The third-order valence-electron chi connectivity index (χ3n) is 6.44. The fourth-order valence-electron chi connectivity index (χ4n) is 4.37. The highest BCUT2D eigenvalue weighted by Crippen LogP contribution is 2.29. The maximum absolute atomic E-state index is 13.8. The Labute approximate surface area is 191 Å². The van der Waals surface area contributed by atoms with Gasteiger partial charge in [-0.15, -0.1) is 0 Å². The van der Waals surface area contributed by atoms with Crippen molar-refractivity contribution in [2.75, 3.05) is 51.8 Å². The third-order valence-corrected chi connectivity index (χ3v) is 6.44. The maximum atomic E-state index is 13.8. The third kappa shape index (κ3) is 5.19. The molecule has 3 rings (SSSR count). The van der Waals surface area contributed by atoms with Crippen LogP contribution >= 0.6 is 0 Å². The summed E-state index contributed by atoms with van der Waals surface area (Å²) in [5, 5.41) is 3.37. The van der Waals surface area contributed by atoms with Gasteiger partial charge in [-0.1, -0.05) is 19.1 Å². The Morgan fingerprint density at radius 1 is 0.969 bits per heavy atom. The number of nitrogens with one attached hydrogen (secondary N) is 1. The first-order valence-electron chi connectivity index (χ1n) is 11.4. The van der Waals surface area contributed by atoms with Gasteiger partial charge in [0.05, 0.1) is 17.7 Å². The van der Waals surface area contributed by atoms with Crippen molar-refractivity contribution in [2.24, 2.45) is 0 Å². The molecular formula is C26H35N3O3. The van der Waals surface area contributed by atoms with Crippen LogP contribution in [0.5, 0.6) is 0 Å². The molecule has 6 nitrogen and oxygen atoms in total. The van der Waals surface area contributed by atoms with Gasteiger partial charge in [-0.05, 0) is 75.8 Å². The van der Waals surface area contributed by atoms with E-state index in [1.165, 1.54) is 0 Å². The number of carbonyl (C=O) groups is 2. The molecule has 1 aliphatic heterocycles. The molecule has 0 aliphatic carbocycles. The summed E-state index contributed by atoms with van der Waals surface area (Å²) >= 11 is 0. The number of anilines is 1. The second-order valence-corrected chi connectivity index (χ2v) is 8.49. The number of rotatable bonds is 9. The molecule has 6 heteroatoms. The molecule has 1 N–H and O–H groups in total. The van der Waals surface area contributed by atoms with Crippen LogP contribution in [0, 0.1) is 0 Å². The summed E-state index contributed by atoms with van der Waals surface area (Å²) in [6.07, 6.45) is 1.25. The molecule has 1 aliphatic rings. The minimum absolute atomic E-state index is 0.117. The van der Waals surface area contributed by atoms with E-state index in [4.69, 9.17) is 4.74 Å². The van der Waals surface area contributed by atoms with Gasteiger partial charge >= 0.3 is 5.97 Å². The van der Waals surface area contributed by atoms with Gasteiger partial charge in [-0.2, -0.15) is 0 Å². The Bertz CT molecular complexity index is 903. The van der Waals surface area contributed by atoms with E-state index in [1.807, 2.05) is 43.3 Å². The maximum Gasteiger partial charge on any atom is 0.338 e. The Morgan fingerprint density at radius 2 is 1.56 bits per heavy atom. The van der Waals surface area contributed by atoms with E-state index >= 15 is 0 Å². The van der Waals surface area contributed by atoms with Crippen LogP contribution in [-0.4, -0.2) is 69.1 Å². The number of hydrogen-bond donors (Lipinski definition) is 1. The number of nitrogens with zero attached hydrogens (tertiary/aromatic N) is 2. The number of esters is 1. The monoisotopic (exact) mass is 437 g/mol. The van der Waals surface area contributed by atoms with E-state index in [9.17, 15) is 9.59 Å². The number of Topliss-reactive ketones (excluding diaryl/α,β-unsaturated/α-hetero) is 1. The molecule has 1 unspecified atom stereocenters. The van der Waals surface area contributed by atoms with Gasteiger partial charge in [0.25, 0.3) is 0 Å². The highest BCUT2D eigenvalue weighted by Gasteiger charge is 2.39. The zero-order valence-electron chi connectivity index (χ0n) is 19.7. The van der Waals surface area contributed by atoms with Crippen LogP contribution in [0.3, 0.4) is 0 Å². The number of benzene rings is 2. The molecule has 172 valence electrons. The SMILES string of the molecule is CCOC(=O)c1ccc(CC(CC)(C(=O)c2ccc(N3CCNCC3)cc2)N(C)C)cc1. The molecule has 0 saturated carbocycles. The van der Waals surface area contributed by atoms with Gasteiger partial charge < -0.3 is 15.0 Å². The zero-order valence-corrected chi connectivity index (χ0v) is 19.7. The summed E-state index contributed by atoms with van der Waals surface area (Å²) in [7, 11) is 3.92. The van der Waals surface area contributed by atoms with E-state index in [0.717, 1.165) is 43.0 Å². The van der Waals surface area contributed by atoms with Crippen molar-refractivity contribution in [1.29, 1.82) is 0 Å². The van der Waals surface area contributed by atoms with E-state index in [-0.39, 0.29) is 11.8 Å². The summed E-state index contributed by atoms with van der Waals surface area (Å²) in [4.78, 5) is 30.1. The van der Waals surface area contributed by atoms with Gasteiger partial charge in [-0.3, -0.25) is 9.69 Å². The van der Waals surface area contributed by atoms with Crippen LogP contribution < -0.4 is 10.2 Å². The number of carbonyl (C=O) groups excluding carboxylic acids is 2. The molecule has 0 radical (unpaired) electrons. The Hall–Kier alpha value is -2.70. The van der Waals surface area contributed by atoms with E-state index in [2.05, 4.69) is 29.3 Å². The molecule has 0 spiro atoms. The molecule has 1 atom stereocenters. The van der Waals surface area contributed by atoms with Crippen molar-refractivity contribution in [1.82, 2.24) is 10.2 Å². The second-order valence-electron chi connectivity index (χ2n) is 8.49. The van der Waals surface area contributed by atoms with Crippen molar-refractivity contribution < 1.29 is 14.3 Å². The molecule has 0 aromatic heterocycles. The highest BCUT2D eigenvalue weighted by molar-refractivity contribution is 6.03. The molecule has 1 saturated heterocycles. The summed E-state index contributed by atoms with van der Waals surface area (Å²) in [5.41, 5.74) is 2.76. The fourth-order valence-corrected chi connectivity index (χ4v) is 4.37. The minimum atomic E-state index is -0.665. The summed E-state index contributed by atoms with van der Waals surface area (Å²) in [6.45, 7) is 8.12. The number of likely N-dealkylation sites (N-methyl/N-ethyl adjacent to an activating group) is 1. The van der Waals surface area contributed by atoms with Crippen molar-refractivity contribution >= 4 is 17.4 Å². The van der Waals surface area contributed by atoms with Crippen LogP contribution in [0.1, 0.15) is 46.5 Å². The summed E-state index contributed by atoms with van der Waals surface area (Å²) in [6, 6.07) is 15.4. The number of piperazine rings is 1. The number of ether oxygens (including phenoxy) is 1. The van der Waals surface area contributed by atoms with Crippen LogP contribution in [0.15, 0.2) is 48.5 Å². The zero-order chi connectivity index (χ0) is 23.1. The normalized spacial score (nSPS) is 16.0. The molecule has 0 amide bonds. The largest absolute Gasteiger partial charge is 0.462 e. The van der Waals surface area contributed by atoms with Gasteiger partial charge in [0.15, 0.2) is 5.78 Å². The van der Waals surface area contributed by atoms with Crippen LogP contribution in [-0.2, 0) is 11.2 Å². The quantitative estimate of drug-likeness (QED) is 0.479. The second kappa shape index (κ2) is 10.7. The average molecular weight is 438 g/mol. The summed E-state index contributed by atoms with van der Waals surface area (Å²) < 4.78 is 5.07. The van der Waals surface area contributed by atoms with E-state index < -0.39 is 5.54 Å². The van der Waals surface area contributed by atoms with E-state index in [1.54, 1.807) is 19.1 Å². The van der Waals surface area contributed by atoms with Gasteiger partial charge in [0.2, 0.25) is 0 Å². The molecule has 1 fully saturated rings. The molecule has 1 heterocycles. The lowest BCUT2D eigenvalue weighted by Gasteiger charge is -2.38. The Kier molecular flexibility index (Phi) is 8.04. The molecule has 2 aromatic carbocycles. The van der Waals surface area contributed by atoms with Crippen molar-refractivity contribution in [3.05, 3.63) is 65.2 Å². The number of hydrogen-bond acceptors (Lipinski definition) is 6. The Balaban J connectivity index is 1.81. The highest BCUT2D eigenvalue weighted by atomic mass is 16.5. The van der Waals surface area contributed by atoms with Gasteiger partial charge in [0, 0.05) is 37.4 Å². The van der Waals surface area contributed by atoms with Crippen LogP contribution in [0.25, 0.3) is 0 Å². The standard InChI is InChI=1S/C26H35N3O3/c1-5-26(28(3)4,19-20-7-9-22(10-8-20)25(31)32-6-2)24(30)21-11-13-23(14-12-21)29-17-15-27-16-18-29/h7-14,27H,5-6,15-19H2,1-4H3. The Morgan fingerprint density at radius 3 is 2.09 bits per heavy atom.